The molecule has 204 valence electrons. The zero-order chi connectivity index (χ0) is 26.3. The Labute approximate surface area is 229 Å². The molecule has 0 aromatic heterocycles. The van der Waals surface area contributed by atoms with Gasteiger partial charge in [0.1, 0.15) is 26.2 Å². The molecule has 5 rings (SSSR count). The molecule has 2 spiro atoms. The van der Waals surface area contributed by atoms with Crippen molar-refractivity contribution in [2.24, 2.45) is 0 Å². The fraction of sp³-hybridized carbons (Fsp3) is 0.562. The van der Waals surface area contributed by atoms with Crippen molar-refractivity contribution in [1.82, 2.24) is 9.80 Å². The number of carbonyl (C=O) groups excluding carboxylic acids is 2. The Balaban J connectivity index is 0.993. The summed E-state index contributed by atoms with van der Waals surface area (Å²) in [6.45, 7) is 13.0. The van der Waals surface area contributed by atoms with Crippen LogP contribution in [0.15, 0.2) is 60.7 Å². The first-order chi connectivity index (χ1) is 18.5. The van der Waals surface area contributed by atoms with Crippen LogP contribution in [0.25, 0.3) is 0 Å². The zero-order valence-corrected chi connectivity index (χ0v) is 23.1. The summed E-state index contributed by atoms with van der Waals surface area (Å²) in [6.07, 6.45) is 5.17. The monoisotopic (exact) mass is 518 g/mol. The fourth-order valence-electron chi connectivity index (χ4n) is 6.74. The van der Waals surface area contributed by atoms with Crippen LogP contribution in [-0.4, -0.2) is 109 Å². The first kappa shape index (κ1) is 26.9. The normalized spacial score (nSPS) is 20.5. The molecular weight excluding hydrogens is 472 g/mol. The number of hydrogen-bond acceptors (Lipinski definition) is 2. The Morgan fingerprint density at radius 2 is 0.868 bits per heavy atom. The molecule has 6 heteroatoms. The van der Waals surface area contributed by atoms with Gasteiger partial charge in [-0.25, -0.2) is 0 Å². The van der Waals surface area contributed by atoms with E-state index in [1.165, 1.54) is 46.3 Å². The molecule has 3 aliphatic heterocycles. The Kier molecular flexibility index (Phi) is 8.80. The van der Waals surface area contributed by atoms with Gasteiger partial charge in [-0.05, 0) is 36.8 Å². The number of nitrogens with zero attached hydrogens (tertiary/aromatic N) is 4. The molecule has 3 fully saturated rings. The van der Waals surface area contributed by atoms with E-state index >= 15 is 0 Å². The van der Waals surface area contributed by atoms with E-state index in [1.807, 2.05) is 12.1 Å². The number of hydrogen-bond donors (Lipinski definition) is 0. The van der Waals surface area contributed by atoms with Crippen LogP contribution >= 0.6 is 0 Å². The minimum absolute atomic E-state index is 0.337. The third kappa shape index (κ3) is 6.83. The second kappa shape index (κ2) is 12.4. The second-order valence-electron chi connectivity index (χ2n) is 11.9. The highest BCUT2D eigenvalue weighted by atomic mass is 16.2. The topological polar surface area (TPSA) is 40.6 Å². The predicted octanol–water partition coefficient (Wildman–Crippen LogP) is 3.36. The van der Waals surface area contributed by atoms with Crippen LogP contribution in [0.3, 0.4) is 0 Å². The lowest BCUT2D eigenvalue weighted by Gasteiger charge is -2.54. The van der Waals surface area contributed by atoms with Gasteiger partial charge in [-0.2, -0.15) is 0 Å². The average Bonchev–Trinajstić information content (AvgIpc) is 2.97. The summed E-state index contributed by atoms with van der Waals surface area (Å²) in [5.41, 5.74) is 2.64. The van der Waals surface area contributed by atoms with Gasteiger partial charge < -0.3 is 18.8 Å². The summed E-state index contributed by atoms with van der Waals surface area (Å²) in [5, 5.41) is 0. The lowest BCUT2D eigenvalue weighted by atomic mass is 10.1. The molecule has 6 nitrogen and oxygen atoms in total. The standard InChI is InChI=1S/C32H46N4O2/c37-31(15-7-13-29-9-3-1-4-10-29)33-17-21-35(22-18-33)25-27-36(28-26-35)23-19-34(20-24-36)32(38)16-8-14-30-11-5-2-6-12-30/h1-6,9-12H,7-8,13-28H2/q+2. The number of aryl methyl sites for hydroxylation is 2. The molecule has 0 saturated carbocycles. The maximum absolute atomic E-state index is 12.8. The largest absolute Gasteiger partial charge is 0.331 e. The summed E-state index contributed by atoms with van der Waals surface area (Å²) in [5.74, 6) is 0.674. The van der Waals surface area contributed by atoms with Gasteiger partial charge in [0.15, 0.2) is 0 Å². The Morgan fingerprint density at radius 3 is 1.21 bits per heavy atom. The minimum atomic E-state index is 0.337. The van der Waals surface area contributed by atoms with Crippen LogP contribution in [-0.2, 0) is 22.4 Å². The van der Waals surface area contributed by atoms with Crippen LogP contribution < -0.4 is 0 Å². The quantitative estimate of drug-likeness (QED) is 0.503. The van der Waals surface area contributed by atoms with Gasteiger partial charge in [0.2, 0.25) is 11.8 Å². The summed E-state index contributed by atoms with van der Waals surface area (Å²) in [4.78, 5) is 29.9. The van der Waals surface area contributed by atoms with Crippen molar-refractivity contribution in [3.8, 4) is 0 Å². The van der Waals surface area contributed by atoms with E-state index in [0.717, 1.165) is 78.0 Å². The van der Waals surface area contributed by atoms with E-state index < -0.39 is 0 Å². The molecule has 0 N–H and O–H groups in total. The maximum Gasteiger partial charge on any atom is 0.222 e. The number of quaternary nitrogens is 2. The van der Waals surface area contributed by atoms with Crippen molar-refractivity contribution < 1.29 is 18.6 Å². The lowest BCUT2D eigenvalue weighted by molar-refractivity contribution is -1.03. The van der Waals surface area contributed by atoms with Gasteiger partial charge in [-0.3, -0.25) is 9.59 Å². The molecule has 0 unspecified atom stereocenters. The Morgan fingerprint density at radius 1 is 0.526 bits per heavy atom. The van der Waals surface area contributed by atoms with Gasteiger partial charge in [0, 0.05) is 12.8 Å². The number of benzene rings is 2. The first-order valence-corrected chi connectivity index (χ1v) is 14.9. The number of piperazine rings is 3. The molecule has 0 bridgehead atoms. The van der Waals surface area contributed by atoms with Crippen LogP contribution in [0.5, 0.6) is 0 Å². The molecule has 2 amide bonds. The van der Waals surface area contributed by atoms with Crippen molar-refractivity contribution in [2.75, 3.05) is 78.5 Å². The summed E-state index contributed by atoms with van der Waals surface area (Å²) in [6, 6.07) is 21.0. The van der Waals surface area contributed by atoms with E-state index in [2.05, 4.69) is 58.3 Å². The van der Waals surface area contributed by atoms with Gasteiger partial charge in [0.25, 0.3) is 0 Å². The smallest absolute Gasteiger partial charge is 0.222 e. The second-order valence-corrected chi connectivity index (χ2v) is 11.9. The van der Waals surface area contributed by atoms with E-state index in [0.29, 0.717) is 24.7 Å². The van der Waals surface area contributed by atoms with Crippen molar-refractivity contribution >= 4 is 11.8 Å². The molecule has 0 aliphatic carbocycles. The third-order valence-electron chi connectivity index (χ3n) is 9.58. The highest BCUT2D eigenvalue weighted by Gasteiger charge is 2.45. The number of rotatable bonds is 8. The molecule has 2 aromatic carbocycles. The maximum atomic E-state index is 12.8. The van der Waals surface area contributed by atoms with Crippen molar-refractivity contribution in [3.05, 3.63) is 71.8 Å². The lowest BCUT2D eigenvalue weighted by Crippen LogP contribution is -2.73. The summed E-state index contributed by atoms with van der Waals surface area (Å²) >= 11 is 0. The van der Waals surface area contributed by atoms with E-state index in [9.17, 15) is 9.59 Å². The number of amides is 2. The molecular formula is C32H46N4O2+2. The van der Waals surface area contributed by atoms with Crippen LogP contribution in [0.1, 0.15) is 36.8 Å². The molecule has 0 radical (unpaired) electrons. The summed E-state index contributed by atoms with van der Waals surface area (Å²) in [7, 11) is 0. The van der Waals surface area contributed by atoms with Gasteiger partial charge in [-0.1, -0.05) is 60.7 Å². The summed E-state index contributed by atoms with van der Waals surface area (Å²) < 4.78 is 2.38. The van der Waals surface area contributed by atoms with Crippen molar-refractivity contribution in [3.63, 3.8) is 0 Å². The average molecular weight is 519 g/mol. The molecule has 2 aromatic rings. The molecule has 3 heterocycles. The molecule has 0 atom stereocenters. The van der Waals surface area contributed by atoms with Crippen molar-refractivity contribution in [1.29, 1.82) is 0 Å². The zero-order valence-electron chi connectivity index (χ0n) is 23.1. The van der Waals surface area contributed by atoms with E-state index in [4.69, 9.17) is 0 Å². The third-order valence-corrected chi connectivity index (χ3v) is 9.58. The fourth-order valence-corrected chi connectivity index (χ4v) is 6.74. The number of carbonyl (C=O) groups is 2. The SMILES string of the molecule is O=C(CCCc1ccccc1)N1CC[N+]2(CC1)CC[N+]1(CCN(C(=O)CCCc3ccccc3)CC1)CC2. The highest BCUT2D eigenvalue weighted by molar-refractivity contribution is 5.76. The van der Waals surface area contributed by atoms with E-state index in [1.54, 1.807) is 0 Å². The molecule has 3 aliphatic rings. The van der Waals surface area contributed by atoms with Crippen LogP contribution in [0, 0.1) is 0 Å². The van der Waals surface area contributed by atoms with Gasteiger partial charge in [-0.15, -0.1) is 0 Å². The van der Waals surface area contributed by atoms with Crippen molar-refractivity contribution in [2.45, 2.75) is 38.5 Å². The van der Waals surface area contributed by atoms with Gasteiger partial charge >= 0.3 is 0 Å². The first-order valence-electron chi connectivity index (χ1n) is 14.9. The minimum Gasteiger partial charge on any atom is -0.331 e. The molecule has 3 saturated heterocycles. The highest BCUT2D eigenvalue weighted by Crippen LogP contribution is 2.25. The van der Waals surface area contributed by atoms with Crippen LogP contribution in [0.4, 0.5) is 0 Å². The predicted molar refractivity (Wildman–Crippen MR) is 151 cm³/mol. The Bertz CT molecular complexity index is 944. The van der Waals surface area contributed by atoms with Gasteiger partial charge in [0.05, 0.1) is 52.4 Å². The van der Waals surface area contributed by atoms with Crippen LogP contribution in [0.2, 0.25) is 0 Å². The van der Waals surface area contributed by atoms with E-state index in [-0.39, 0.29) is 0 Å². The Hall–Kier alpha value is -2.70. The molecule has 38 heavy (non-hydrogen) atoms.